The van der Waals surface area contributed by atoms with Gasteiger partial charge in [0.2, 0.25) is 0 Å². The zero-order chi connectivity index (χ0) is 16.2. The predicted octanol–water partition coefficient (Wildman–Crippen LogP) is 3.26. The monoisotopic (exact) mass is 308 g/mol. The van der Waals surface area contributed by atoms with Crippen molar-refractivity contribution in [2.45, 2.75) is 6.42 Å². The van der Waals surface area contributed by atoms with Gasteiger partial charge in [0.15, 0.2) is 0 Å². The van der Waals surface area contributed by atoms with Crippen LogP contribution >= 0.6 is 0 Å². The Bertz CT molecular complexity index is 766. The zero-order valence-corrected chi connectivity index (χ0v) is 13.3. The van der Waals surface area contributed by atoms with Gasteiger partial charge in [-0.05, 0) is 30.7 Å². The maximum atomic E-state index is 8.37. The van der Waals surface area contributed by atoms with Crippen LogP contribution in [-0.4, -0.2) is 26.5 Å². The number of nitrogens with one attached hydrogen (secondary N) is 2. The van der Waals surface area contributed by atoms with Gasteiger partial charge < -0.3 is 20.2 Å². The fraction of sp³-hybridized carbons (Fsp3) is 0.211. The lowest BCUT2D eigenvalue weighted by Crippen LogP contribution is -2.24. The number of rotatable bonds is 4. The minimum absolute atomic E-state index is 0.446. The second kappa shape index (κ2) is 6.57. The average Bonchev–Trinajstić information content (AvgIpc) is 2.61. The van der Waals surface area contributed by atoms with Crippen molar-refractivity contribution in [1.82, 2.24) is 5.32 Å². The van der Waals surface area contributed by atoms with Crippen LogP contribution in [0.2, 0.25) is 0 Å². The molecule has 4 heteroatoms. The van der Waals surface area contributed by atoms with Gasteiger partial charge in [-0.2, -0.15) is 0 Å². The van der Waals surface area contributed by atoms with Gasteiger partial charge in [-0.15, -0.1) is 0 Å². The molecule has 0 amide bonds. The van der Waals surface area contributed by atoms with E-state index in [0.29, 0.717) is 5.71 Å². The van der Waals surface area contributed by atoms with E-state index in [1.807, 2.05) is 42.5 Å². The van der Waals surface area contributed by atoms with Crippen molar-refractivity contribution in [3.8, 4) is 11.5 Å². The molecule has 3 rings (SSSR count). The molecule has 0 unspecified atom stereocenters. The van der Waals surface area contributed by atoms with Gasteiger partial charge in [0.1, 0.15) is 11.5 Å². The summed E-state index contributed by atoms with van der Waals surface area (Å²) in [7, 11) is 3.33. The third kappa shape index (κ3) is 3.06. The molecule has 118 valence electrons. The Morgan fingerprint density at radius 3 is 2.74 bits per heavy atom. The SMILES string of the molecule is COc1cccc(C(=N)/C=C2\NCCc3c(OC)cccc32)c1. The molecule has 4 nitrogen and oxygen atoms in total. The molecule has 2 aromatic rings. The molecular formula is C19H20N2O2. The third-order valence-corrected chi connectivity index (χ3v) is 4.00. The highest BCUT2D eigenvalue weighted by molar-refractivity contribution is 6.10. The number of hydrogen-bond acceptors (Lipinski definition) is 4. The van der Waals surface area contributed by atoms with E-state index in [9.17, 15) is 0 Å². The number of fused-ring (bicyclic) bond motifs is 1. The van der Waals surface area contributed by atoms with E-state index in [0.717, 1.165) is 41.3 Å². The molecule has 0 fully saturated rings. The van der Waals surface area contributed by atoms with Crippen molar-refractivity contribution in [1.29, 1.82) is 5.41 Å². The summed E-state index contributed by atoms with van der Waals surface area (Å²) < 4.78 is 10.7. The van der Waals surface area contributed by atoms with Crippen LogP contribution in [0.25, 0.3) is 5.70 Å². The predicted molar refractivity (Wildman–Crippen MR) is 92.5 cm³/mol. The Morgan fingerprint density at radius 2 is 1.96 bits per heavy atom. The van der Waals surface area contributed by atoms with Crippen molar-refractivity contribution in [3.63, 3.8) is 0 Å². The van der Waals surface area contributed by atoms with Crippen LogP contribution in [0.3, 0.4) is 0 Å². The first-order valence-electron chi connectivity index (χ1n) is 7.57. The maximum Gasteiger partial charge on any atom is 0.122 e. The summed E-state index contributed by atoms with van der Waals surface area (Å²) in [5, 5.41) is 11.8. The molecule has 23 heavy (non-hydrogen) atoms. The lowest BCUT2D eigenvalue weighted by molar-refractivity contribution is 0.408. The molecule has 2 aromatic carbocycles. The third-order valence-electron chi connectivity index (χ3n) is 4.00. The highest BCUT2D eigenvalue weighted by Crippen LogP contribution is 2.30. The largest absolute Gasteiger partial charge is 0.497 e. The summed E-state index contributed by atoms with van der Waals surface area (Å²) in [5.74, 6) is 1.66. The van der Waals surface area contributed by atoms with Gasteiger partial charge >= 0.3 is 0 Å². The molecule has 0 aromatic heterocycles. The fourth-order valence-corrected chi connectivity index (χ4v) is 2.83. The van der Waals surface area contributed by atoms with Crippen LogP contribution < -0.4 is 14.8 Å². The molecule has 0 saturated heterocycles. The molecule has 1 heterocycles. The molecular weight excluding hydrogens is 288 g/mol. The van der Waals surface area contributed by atoms with Crippen molar-refractivity contribution < 1.29 is 9.47 Å². The van der Waals surface area contributed by atoms with Crippen LogP contribution in [0.1, 0.15) is 16.7 Å². The van der Waals surface area contributed by atoms with E-state index < -0.39 is 0 Å². The highest BCUT2D eigenvalue weighted by Gasteiger charge is 2.17. The van der Waals surface area contributed by atoms with Gasteiger partial charge in [-0.3, -0.25) is 0 Å². The summed E-state index contributed by atoms with van der Waals surface area (Å²) in [4.78, 5) is 0. The zero-order valence-electron chi connectivity index (χ0n) is 13.3. The second-order valence-corrected chi connectivity index (χ2v) is 5.37. The molecule has 0 bridgehead atoms. The Kier molecular flexibility index (Phi) is 4.33. The number of methoxy groups -OCH3 is 2. The number of ether oxygens (including phenoxy) is 2. The van der Waals surface area contributed by atoms with Crippen LogP contribution in [0.15, 0.2) is 48.5 Å². The Morgan fingerprint density at radius 1 is 1.13 bits per heavy atom. The van der Waals surface area contributed by atoms with Gasteiger partial charge in [-0.1, -0.05) is 24.3 Å². The molecule has 2 N–H and O–H groups in total. The first kappa shape index (κ1) is 15.2. The van der Waals surface area contributed by atoms with Crippen molar-refractivity contribution in [2.75, 3.05) is 20.8 Å². The van der Waals surface area contributed by atoms with Gasteiger partial charge in [0.05, 0.1) is 19.9 Å². The lowest BCUT2D eigenvalue weighted by Gasteiger charge is -2.23. The Balaban J connectivity index is 1.96. The second-order valence-electron chi connectivity index (χ2n) is 5.37. The smallest absolute Gasteiger partial charge is 0.122 e. The molecule has 0 saturated carbocycles. The molecule has 0 radical (unpaired) electrons. The quantitative estimate of drug-likeness (QED) is 0.852. The van der Waals surface area contributed by atoms with Crippen LogP contribution in [-0.2, 0) is 6.42 Å². The normalized spacial score (nSPS) is 14.8. The standard InChI is InChI=1S/C19H20N2O2/c1-22-14-6-3-5-13(11-14)17(20)12-18-15-7-4-8-19(23-2)16(15)9-10-21-18/h3-8,11-12,20-21H,9-10H2,1-2H3/b18-12-,20-17?. The van der Waals surface area contributed by atoms with Crippen molar-refractivity contribution in [3.05, 3.63) is 65.2 Å². The minimum atomic E-state index is 0.446. The Hall–Kier alpha value is -2.75. The van der Waals surface area contributed by atoms with Gasteiger partial charge in [-0.25, -0.2) is 0 Å². The topological polar surface area (TPSA) is 54.3 Å². The maximum absolute atomic E-state index is 8.37. The lowest BCUT2D eigenvalue weighted by atomic mass is 9.95. The van der Waals surface area contributed by atoms with E-state index in [4.69, 9.17) is 14.9 Å². The molecule has 0 atom stereocenters. The molecule has 1 aliphatic rings. The van der Waals surface area contributed by atoms with E-state index in [1.54, 1.807) is 14.2 Å². The summed E-state index contributed by atoms with van der Waals surface area (Å²) in [5.41, 5.74) is 4.52. The summed E-state index contributed by atoms with van der Waals surface area (Å²) in [6.07, 6.45) is 2.79. The molecule has 0 spiro atoms. The first-order chi connectivity index (χ1) is 11.2. The van der Waals surface area contributed by atoms with E-state index >= 15 is 0 Å². The average molecular weight is 308 g/mol. The van der Waals surface area contributed by atoms with Gasteiger partial charge in [0, 0.05) is 28.9 Å². The summed E-state index contributed by atoms with van der Waals surface area (Å²) in [6.45, 7) is 0.838. The molecule has 0 aliphatic carbocycles. The van der Waals surface area contributed by atoms with Crippen molar-refractivity contribution >= 4 is 11.4 Å². The fourth-order valence-electron chi connectivity index (χ4n) is 2.83. The highest BCUT2D eigenvalue weighted by atomic mass is 16.5. The number of allylic oxidation sites excluding steroid dienone is 1. The van der Waals surface area contributed by atoms with E-state index in [2.05, 4.69) is 11.4 Å². The van der Waals surface area contributed by atoms with Crippen LogP contribution in [0, 0.1) is 5.41 Å². The van der Waals surface area contributed by atoms with Crippen molar-refractivity contribution in [2.24, 2.45) is 0 Å². The number of benzene rings is 2. The summed E-state index contributed by atoms with van der Waals surface area (Å²) in [6, 6.07) is 13.6. The van der Waals surface area contributed by atoms with Crippen LogP contribution in [0.4, 0.5) is 0 Å². The number of hydrogen-bond donors (Lipinski definition) is 2. The van der Waals surface area contributed by atoms with E-state index in [-0.39, 0.29) is 0 Å². The Labute approximate surface area is 136 Å². The van der Waals surface area contributed by atoms with E-state index in [1.165, 1.54) is 5.56 Å². The minimum Gasteiger partial charge on any atom is -0.497 e. The summed E-state index contributed by atoms with van der Waals surface area (Å²) >= 11 is 0. The van der Waals surface area contributed by atoms with Crippen LogP contribution in [0.5, 0.6) is 11.5 Å². The van der Waals surface area contributed by atoms with Gasteiger partial charge in [0.25, 0.3) is 0 Å². The first-order valence-corrected chi connectivity index (χ1v) is 7.57. The molecule has 1 aliphatic heterocycles.